The summed E-state index contributed by atoms with van der Waals surface area (Å²) in [6, 6.07) is 25.0. The minimum Gasteiger partial charge on any atom is -0.445 e. The van der Waals surface area contributed by atoms with Crippen molar-refractivity contribution in [2.45, 2.75) is 58.1 Å². The number of hydrogen-bond donors (Lipinski definition) is 4. The number of nitrogens with one attached hydrogen (secondary N) is 3. The van der Waals surface area contributed by atoms with Crippen LogP contribution in [-0.4, -0.2) is 89.9 Å². The van der Waals surface area contributed by atoms with Crippen molar-refractivity contribution in [3.63, 3.8) is 0 Å². The first-order chi connectivity index (χ1) is 26.5. The lowest BCUT2D eigenvalue weighted by Crippen LogP contribution is -2.57. The zero-order chi connectivity index (χ0) is 39.6. The highest BCUT2D eigenvalue weighted by Gasteiger charge is 2.32. The number of ether oxygens (including phenoxy) is 3. The lowest BCUT2D eigenvalue weighted by Gasteiger charge is -2.30. The molecule has 0 spiro atoms. The van der Waals surface area contributed by atoms with Gasteiger partial charge in [-0.3, -0.25) is 25.0 Å². The number of carbonyl (C=O) groups is 6. The Balaban J connectivity index is 1.45. The molecule has 1 aliphatic rings. The highest BCUT2D eigenvalue weighted by molar-refractivity contribution is 6.07. The van der Waals surface area contributed by atoms with Crippen LogP contribution in [0.15, 0.2) is 101 Å². The molecular formula is C38H44N8O9. The third kappa shape index (κ3) is 13.9. The predicted octanol–water partition coefficient (Wildman–Crippen LogP) is 3.19. The molecule has 3 aromatic rings. The monoisotopic (exact) mass is 756 g/mol. The summed E-state index contributed by atoms with van der Waals surface area (Å²) < 4.78 is 16.1. The fourth-order valence-electron chi connectivity index (χ4n) is 5.22. The van der Waals surface area contributed by atoms with Crippen molar-refractivity contribution in [3.05, 3.63) is 108 Å². The summed E-state index contributed by atoms with van der Waals surface area (Å²) in [5, 5.41) is 7.56. The molecule has 0 fully saturated rings. The van der Waals surface area contributed by atoms with Crippen molar-refractivity contribution in [2.24, 2.45) is 15.7 Å². The fourth-order valence-corrected chi connectivity index (χ4v) is 5.22. The summed E-state index contributed by atoms with van der Waals surface area (Å²) in [5.74, 6) is -1.99. The molecule has 1 unspecified atom stereocenters. The van der Waals surface area contributed by atoms with Gasteiger partial charge in [-0.2, -0.15) is 0 Å². The standard InChI is InChI=1S/C38H44N8O9/c1-26(47)41-35-40-22-31(33(49)43-35)45(2)32(48)21-30(42-36(50)53-23-27-13-6-3-7-14-27)19-12-20-46(38(52)55-25-29-17-10-5-11-18-29)34(39)44-37(51)54-24-28-15-8-4-9-16-28/h3-11,13-18,30-31H,12,19-25H2,1-2H3,(H,42,50)(H2,39,44,51)(H2,40,41,43,47,49)/t30-,31?/m0/s1. The van der Waals surface area contributed by atoms with Crippen LogP contribution in [0.4, 0.5) is 14.4 Å². The van der Waals surface area contributed by atoms with Gasteiger partial charge in [0.2, 0.25) is 23.7 Å². The Labute approximate surface area is 317 Å². The van der Waals surface area contributed by atoms with Gasteiger partial charge in [0.05, 0.1) is 6.54 Å². The van der Waals surface area contributed by atoms with E-state index in [0.29, 0.717) is 5.56 Å². The van der Waals surface area contributed by atoms with E-state index < -0.39 is 54.0 Å². The van der Waals surface area contributed by atoms with Crippen LogP contribution in [-0.2, 0) is 48.4 Å². The molecule has 3 aromatic carbocycles. The first-order valence-electron chi connectivity index (χ1n) is 17.4. The van der Waals surface area contributed by atoms with Crippen LogP contribution in [0.2, 0.25) is 0 Å². The first kappa shape index (κ1) is 41.0. The second-order valence-corrected chi connectivity index (χ2v) is 12.3. The van der Waals surface area contributed by atoms with Crippen LogP contribution in [0, 0.1) is 0 Å². The second kappa shape index (κ2) is 21.1. The number of benzene rings is 3. The summed E-state index contributed by atoms with van der Waals surface area (Å²) in [6.45, 7) is 0.832. The Kier molecular flexibility index (Phi) is 15.7. The summed E-state index contributed by atoms with van der Waals surface area (Å²) in [6.07, 6.45) is -2.76. The highest BCUT2D eigenvalue weighted by Crippen LogP contribution is 2.13. The Morgan fingerprint density at radius 3 is 1.96 bits per heavy atom. The number of likely N-dealkylation sites (N-methyl/N-ethyl adjacent to an activating group) is 1. The highest BCUT2D eigenvalue weighted by atomic mass is 16.6. The number of nitrogens with zero attached hydrogens (tertiary/aromatic N) is 4. The molecule has 290 valence electrons. The van der Waals surface area contributed by atoms with Crippen molar-refractivity contribution >= 4 is 47.9 Å². The summed E-state index contributed by atoms with van der Waals surface area (Å²) >= 11 is 0. The molecule has 0 saturated carbocycles. The fraction of sp³-hybridized carbons (Fsp3) is 0.316. The number of amides is 6. The molecule has 0 aliphatic carbocycles. The van der Waals surface area contributed by atoms with Crippen molar-refractivity contribution in [1.29, 1.82) is 0 Å². The number of nitrogens with two attached hydrogens (primary N) is 1. The van der Waals surface area contributed by atoms with E-state index in [0.717, 1.165) is 16.0 Å². The number of alkyl carbamates (subject to hydrolysis) is 1. The Hall–Kier alpha value is -6.78. The van der Waals surface area contributed by atoms with Crippen LogP contribution >= 0.6 is 0 Å². The normalized spacial score (nSPS) is 14.3. The maximum atomic E-state index is 13.5. The lowest BCUT2D eigenvalue weighted by molar-refractivity contribution is -0.138. The number of hydrogen-bond acceptors (Lipinski definition) is 10. The van der Waals surface area contributed by atoms with E-state index in [1.54, 1.807) is 72.8 Å². The first-order valence-corrected chi connectivity index (χ1v) is 17.4. The Morgan fingerprint density at radius 1 is 0.873 bits per heavy atom. The smallest absolute Gasteiger partial charge is 0.437 e. The van der Waals surface area contributed by atoms with E-state index in [2.05, 4.69) is 25.9 Å². The number of aliphatic imine (C=N–C) groups is 2. The third-order valence-corrected chi connectivity index (χ3v) is 8.13. The maximum absolute atomic E-state index is 13.5. The summed E-state index contributed by atoms with van der Waals surface area (Å²) in [5.41, 5.74) is 8.32. The zero-order valence-electron chi connectivity index (χ0n) is 30.5. The van der Waals surface area contributed by atoms with Crippen LogP contribution in [0.5, 0.6) is 0 Å². The Bertz CT molecular complexity index is 1840. The summed E-state index contributed by atoms with van der Waals surface area (Å²) in [4.78, 5) is 86.5. The molecule has 0 aromatic heterocycles. The molecule has 0 radical (unpaired) electrons. The van der Waals surface area contributed by atoms with Crippen molar-refractivity contribution in [3.8, 4) is 0 Å². The molecule has 1 heterocycles. The molecule has 0 bridgehead atoms. The van der Waals surface area contributed by atoms with Gasteiger partial charge in [-0.25, -0.2) is 24.3 Å². The van der Waals surface area contributed by atoms with Gasteiger partial charge < -0.3 is 30.2 Å². The molecule has 2 atom stereocenters. The van der Waals surface area contributed by atoms with Crippen LogP contribution < -0.4 is 21.7 Å². The largest absolute Gasteiger partial charge is 0.445 e. The minimum atomic E-state index is -1.03. The van der Waals surface area contributed by atoms with E-state index in [4.69, 9.17) is 19.9 Å². The number of guanidine groups is 2. The van der Waals surface area contributed by atoms with Crippen molar-refractivity contribution < 1.29 is 43.0 Å². The van der Waals surface area contributed by atoms with Gasteiger partial charge in [-0.05, 0) is 29.5 Å². The minimum absolute atomic E-state index is 0.0191. The van der Waals surface area contributed by atoms with Gasteiger partial charge >= 0.3 is 18.3 Å². The summed E-state index contributed by atoms with van der Waals surface area (Å²) in [7, 11) is 1.43. The lowest BCUT2D eigenvalue weighted by atomic mass is 10.1. The van der Waals surface area contributed by atoms with Crippen LogP contribution in [0.1, 0.15) is 42.9 Å². The molecule has 1 aliphatic heterocycles. The van der Waals surface area contributed by atoms with Gasteiger partial charge in [-0.15, -0.1) is 4.99 Å². The molecule has 6 amide bonds. The van der Waals surface area contributed by atoms with Gasteiger partial charge in [0, 0.05) is 33.0 Å². The van der Waals surface area contributed by atoms with E-state index in [9.17, 15) is 28.8 Å². The van der Waals surface area contributed by atoms with Gasteiger partial charge in [0.25, 0.3) is 5.91 Å². The van der Waals surface area contributed by atoms with Crippen molar-refractivity contribution in [2.75, 3.05) is 20.1 Å². The Morgan fingerprint density at radius 2 is 1.42 bits per heavy atom. The molecule has 4 rings (SSSR count). The average molecular weight is 757 g/mol. The van der Waals surface area contributed by atoms with Gasteiger partial charge in [0.15, 0.2) is 0 Å². The van der Waals surface area contributed by atoms with Gasteiger partial charge in [0.1, 0.15) is 25.9 Å². The SMILES string of the molecule is CC(=O)NC1=NCC(N(C)C(=O)C[C@H](CCCN(C(=O)OCc2ccccc2)/C(N)=N/C(=O)OCc2ccccc2)NC(=O)OCc2ccccc2)C(=O)N1. The van der Waals surface area contributed by atoms with E-state index in [1.807, 2.05) is 18.2 Å². The van der Waals surface area contributed by atoms with E-state index >= 15 is 0 Å². The number of carbonyl (C=O) groups excluding carboxylic acids is 6. The average Bonchev–Trinajstić information content (AvgIpc) is 3.17. The number of rotatable bonds is 14. The molecule has 55 heavy (non-hydrogen) atoms. The second-order valence-electron chi connectivity index (χ2n) is 12.3. The van der Waals surface area contributed by atoms with Crippen molar-refractivity contribution in [1.82, 2.24) is 25.8 Å². The predicted molar refractivity (Wildman–Crippen MR) is 200 cm³/mol. The molecule has 17 nitrogen and oxygen atoms in total. The zero-order valence-corrected chi connectivity index (χ0v) is 30.5. The maximum Gasteiger partial charge on any atom is 0.437 e. The molecule has 0 saturated heterocycles. The van der Waals surface area contributed by atoms with Gasteiger partial charge in [-0.1, -0.05) is 91.0 Å². The molecular weight excluding hydrogens is 712 g/mol. The molecule has 17 heteroatoms. The third-order valence-electron chi connectivity index (χ3n) is 8.13. The molecule has 5 N–H and O–H groups in total. The van der Waals surface area contributed by atoms with Crippen LogP contribution in [0.3, 0.4) is 0 Å². The van der Waals surface area contributed by atoms with E-state index in [1.165, 1.54) is 18.9 Å². The quantitative estimate of drug-likeness (QED) is 0.107. The van der Waals surface area contributed by atoms with Crippen LogP contribution in [0.25, 0.3) is 0 Å². The topological polar surface area (TPSA) is 223 Å². The van der Waals surface area contributed by atoms with E-state index in [-0.39, 0.29) is 58.1 Å².